The molecule has 0 radical (unpaired) electrons. The summed E-state index contributed by atoms with van der Waals surface area (Å²) in [4.78, 5) is 1.46. The molecule has 5 heteroatoms. The van der Waals surface area contributed by atoms with Gasteiger partial charge < -0.3 is 17.3 Å². The molecule has 0 aliphatic carbocycles. The molecule has 1 atom stereocenters. The number of halogens is 1. The maximum absolute atomic E-state index is 11.2. The maximum atomic E-state index is 11.2. The van der Waals surface area contributed by atoms with Crippen LogP contribution in [0.2, 0.25) is 0 Å². The molecule has 1 unspecified atom stereocenters. The average molecular weight is 238 g/mol. The quantitative estimate of drug-likeness (QED) is 0.511. The minimum Gasteiger partial charge on any atom is -1.00 e. The summed E-state index contributed by atoms with van der Waals surface area (Å²) in [6.07, 6.45) is 5.68. The van der Waals surface area contributed by atoms with Crippen molar-refractivity contribution < 1.29 is 25.7 Å². The molecule has 2 aliphatic rings. The van der Waals surface area contributed by atoms with E-state index in [0.717, 1.165) is 13.1 Å². The first-order valence-corrected chi connectivity index (χ1v) is 6.64. The molecule has 14 heavy (non-hydrogen) atoms. The van der Waals surface area contributed by atoms with E-state index in [4.69, 9.17) is 0 Å². The van der Waals surface area contributed by atoms with Crippen LogP contribution in [0.4, 0.5) is 0 Å². The predicted molar refractivity (Wildman–Crippen MR) is 51.3 cm³/mol. The first-order chi connectivity index (χ1) is 6.17. The van der Waals surface area contributed by atoms with Crippen molar-refractivity contribution in [3.05, 3.63) is 11.5 Å². The first-order valence-electron chi connectivity index (χ1n) is 4.93. The Balaban J connectivity index is 0.000000980. The van der Waals surface area contributed by atoms with E-state index in [1.165, 1.54) is 29.6 Å². The lowest BCUT2D eigenvalue weighted by Crippen LogP contribution is -3.16. The summed E-state index contributed by atoms with van der Waals surface area (Å²) in [5, 5.41) is 1.39. The SMILES string of the molecule is O=S1(=O)C=CC([NH+]2CCCCC2)C1.[Cl-]. The smallest absolute Gasteiger partial charge is 0.177 e. The van der Waals surface area contributed by atoms with Gasteiger partial charge in [-0.25, -0.2) is 8.42 Å². The third-order valence-electron chi connectivity index (χ3n) is 2.95. The molecule has 2 rings (SSSR count). The van der Waals surface area contributed by atoms with E-state index in [0.29, 0.717) is 5.75 Å². The molecule has 1 fully saturated rings. The van der Waals surface area contributed by atoms with Gasteiger partial charge in [0.05, 0.1) is 13.1 Å². The summed E-state index contributed by atoms with van der Waals surface area (Å²) < 4.78 is 22.4. The minimum atomic E-state index is -2.85. The van der Waals surface area contributed by atoms with Gasteiger partial charge in [-0.3, -0.25) is 0 Å². The Morgan fingerprint density at radius 1 is 1.14 bits per heavy atom. The lowest BCUT2D eigenvalue weighted by Gasteiger charge is -2.27. The zero-order chi connectivity index (χ0) is 9.31. The monoisotopic (exact) mass is 237 g/mol. The molecule has 0 aromatic carbocycles. The van der Waals surface area contributed by atoms with E-state index in [2.05, 4.69) is 0 Å². The molecule has 0 amide bonds. The van der Waals surface area contributed by atoms with Gasteiger partial charge in [0.2, 0.25) is 0 Å². The van der Waals surface area contributed by atoms with Gasteiger partial charge in [0.25, 0.3) is 0 Å². The second-order valence-corrected chi connectivity index (χ2v) is 5.91. The zero-order valence-electron chi connectivity index (χ0n) is 8.08. The van der Waals surface area contributed by atoms with Crippen LogP contribution in [0.25, 0.3) is 0 Å². The molecule has 0 saturated carbocycles. The highest BCUT2D eigenvalue weighted by molar-refractivity contribution is 7.94. The molecule has 3 nitrogen and oxygen atoms in total. The molecule has 0 bridgehead atoms. The van der Waals surface area contributed by atoms with E-state index in [1.54, 1.807) is 0 Å². The minimum absolute atomic E-state index is 0. The van der Waals surface area contributed by atoms with Gasteiger partial charge in [0.1, 0.15) is 11.8 Å². The fourth-order valence-electron chi connectivity index (χ4n) is 2.21. The van der Waals surface area contributed by atoms with Crippen molar-refractivity contribution in [2.24, 2.45) is 0 Å². The molecule has 82 valence electrons. The second-order valence-electron chi connectivity index (χ2n) is 3.98. The predicted octanol–water partition coefficient (Wildman–Crippen LogP) is -3.63. The number of quaternary nitrogens is 1. The Labute approximate surface area is 91.5 Å². The lowest BCUT2D eigenvalue weighted by molar-refractivity contribution is -0.920. The first kappa shape index (κ1) is 12.0. The number of piperidine rings is 1. The number of nitrogens with one attached hydrogen (secondary N) is 1. The zero-order valence-corrected chi connectivity index (χ0v) is 9.65. The summed E-state index contributed by atoms with van der Waals surface area (Å²) >= 11 is 0. The number of hydrogen-bond acceptors (Lipinski definition) is 2. The molecule has 1 saturated heterocycles. The summed E-state index contributed by atoms with van der Waals surface area (Å²) in [5.41, 5.74) is 0. The summed E-state index contributed by atoms with van der Waals surface area (Å²) in [5.74, 6) is 0.336. The van der Waals surface area contributed by atoms with Gasteiger partial charge in [-0.1, -0.05) is 0 Å². The summed E-state index contributed by atoms with van der Waals surface area (Å²) in [6.45, 7) is 2.29. The Morgan fingerprint density at radius 2 is 1.79 bits per heavy atom. The molecule has 1 N–H and O–H groups in total. The Hall–Kier alpha value is -0.0600. The molecule has 0 aromatic heterocycles. The van der Waals surface area contributed by atoms with E-state index >= 15 is 0 Å². The summed E-state index contributed by atoms with van der Waals surface area (Å²) in [6, 6.07) is 0.241. The van der Waals surface area contributed by atoms with Crippen LogP contribution in [-0.2, 0) is 9.84 Å². The third-order valence-corrected chi connectivity index (χ3v) is 4.35. The summed E-state index contributed by atoms with van der Waals surface area (Å²) in [7, 11) is -2.85. The molecule has 0 aromatic rings. The number of hydrogen-bond donors (Lipinski definition) is 1. The molecule has 2 aliphatic heterocycles. The second kappa shape index (κ2) is 4.64. The molecular formula is C9H16ClNO2S. The van der Waals surface area contributed by atoms with Gasteiger partial charge in [0.15, 0.2) is 9.84 Å². The molecule has 0 spiro atoms. The van der Waals surface area contributed by atoms with E-state index < -0.39 is 9.84 Å². The Bertz CT molecular complexity index is 307. The van der Waals surface area contributed by atoms with Crippen molar-refractivity contribution in [3.63, 3.8) is 0 Å². The Kier molecular flexibility index (Phi) is 3.98. The molecule has 2 heterocycles. The highest BCUT2D eigenvalue weighted by Crippen LogP contribution is 2.07. The molecular weight excluding hydrogens is 222 g/mol. The van der Waals surface area contributed by atoms with Gasteiger partial charge in [-0.15, -0.1) is 0 Å². The largest absolute Gasteiger partial charge is 1.00 e. The standard InChI is InChI=1S/C9H15NO2S.ClH/c11-13(12)7-4-9(8-13)10-5-2-1-3-6-10;/h4,7,9H,1-3,5-6,8H2;1H. The van der Waals surface area contributed by atoms with Crippen molar-refractivity contribution in [2.45, 2.75) is 25.3 Å². The lowest BCUT2D eigenvalue weighted by atomic mass is 10.1. The number of likely N-dealkylation sites (tertiary alicyclic amines) is 1. The number of sulfone groups is 1. The average Bonchev–Trinajstić information content (AvgIpc) is 2.48. The van der Waals surface area contributed by atoms with Crippen molar-refractivity contribution in [3.8, 4) is 0 Å². The van der Waals surface area contributed by atoms with Gasteiger partial charge in [-0.05, 0) is 25.3 Å². The van der Waals surface area contributed by atoms with Crippen LogP contribution in [-0.4, -0.2) is 33.3 Å². The van der Waals surface area contributed by atoms with Gasteiger partial charge in [-0.2, -0.15) is 0 Å². The fraction of sp³-hybridized carbons (Fsp3) is 0.778. The van der Waals surface area contributed by atoms with Crippen LogP contribution in [0.1, 0.15) is 19.3 Å². The van der Waals surface area contributed by atoms with Crippen LogP contribution in [0.3, 0.4) is 0 Å². The van der Waals surface area contributed by atoms with Gasteiger partial charge in [0, 0.05) is 5.41 Å². The Morgan fingerprint density at radius 3 is 2.29 bits per heavy atom. The van der Waals surface area contributed by atoms with Crippen LogP contribution in [0, 0.1) is 0 Å². The topological polar surface area (TPSA) is 38.6 Å². The highest BCUT2D eigenvalue weighted by Gasteiger charge is 2.30. The van der Waals surface area contributed by atoms with Crippen molar-refractivity contribution >= 4 is 9.84 Å². The number of rotatable bonds is 1. The van der Waals surface area contributed by atoms with Crippen molar-refractivity contribution in [1.82, 2.24) is 0 Å². The fourth-order valence-corrected chi connectivity index (χ4v) is 3.59. The van der Waals surface area contributed by atoms with E-state index in [9.17, 15) is 8.42 Å². The van der Waals surface area contributed by atoms with Crippen LogP contribution < -0.4 is 17.3 Å². The van der Waals surface area contributed by atoms with Crippen LogP contribution in [0.5, 0.6) is 0 Å². The maximum Gasteiger partial charge on any atom is 0.177 e. The van der Waals surface area contributed by atoms with Gasteiger partial charge >= 0.3 is 0 Å². The normalized spacial score (nSPS) is 31.3. The van der Waals surface area contributed by atoms with Crippen molar-refractivity contribution in [2.75, 3.05) is 18.8 Å². The van der Waals surface area contributed by atoms with Crippen LogP contribution >= 0.6 is 0 Å². The highest BCUT2D eigenvalue weighted by atomic mass is 35.5. The van der Waals surface area contributed by atoms with Crippen molar-refractivity contribution in [1.29, 1.82) is 0 Å². The third kappa shape index (κ3) is 2.72. The van der Waals surface area contributed by atoms with E-state index in [1.807, 2.05) is 6.08 Å². The van der Waals surface area contributed by atoms with Crippen LogP contribution in [0.15, 0.2) is 11.5 Å². The van der Waals surface area contributed by atoms with E-state index in [-0.39, 0.29) is 18.4 Å².